The normalized spacial score (nSPS) is 13.6. The molecule has 37 heavy (non-hydrogen) atoms. The van der Waals surface area contributed by atoms with E-state index in [2.05, 4.69) is 15.3 Å². The van der Waals surface area contributed by atoms with E-state index in [-0.39, 0.29) is 28.7 Å². The van der Waals surface area contributed by atoms with E-state index in [9.17, 15) is 18.0 Å². The number of anilines is 3. The van der Waals surface area contributed by atoms with Gasteiger partial charge in [-0.25, -0.2) is 22.6 Å². The van der Waals surface area contributed by atoms with E-state index >= 15 is 0 Å². The number of nitrogens with two attached hydrogens (primary N) is 1. The first-order valence-corrected chi connectivity index (χ1v) is 11.8. The third-order valence-electron chi connectivity index (χ3n) is 6.17. The van der Waals surface area contributed by atoms with Crippen molar-refractivity contribution in [3.63, 3.8) is 0 Å². The van der Waals surface area contributed by atoms with Crippen LogP contribution in [0.15, 0.2) is 66.7 Å². The molecule has 0 bridgehead atoms. The van der Waals surface area contributed by atoms with E-state index in [0.29, 0.717) is 36.8 Å². The summed E-state index contributed by atoms with van der Waals surface area (Å²) in [5.74, 6) is -1.76. The van der Waals surface area contributed by atoms with E-state index in [0.717, 1.165) is 28.6 Å². The van der Waals surface area contributed by atoms with Crippen molar-refractivity contribution in [2.45, 2.75) is 0 Å². The van der Waals surface area contributed by atoms with Crippen molar-refractivity contribution in [3.05, 3.63) is 89.2 Å². The van der Waals surface area contributed by atoms with Gasteiger partial charge in [-0.1, -0.05) is 23.7 Å². The molecule has 0 atom stereocenters. The summed E-state index contributed by atoms with van der Waals surface area (Å²) in [6, 6.07) is 15.4. The standard InChI is InChI=1S/C26H22ClF3N6O/c27-17-3-1-16(2-4-17)23-24(25(31)36(33-23)22-15-19(29)7-10-21(22)30)32-26(37)35-13-11-34(12-14-35)20-8-5-18(28)6-9-20/h1-10,15H,11-14,31H2,(H,32,37). The summed E-state index contributed by atoms with van der Waals surface area (Å²) in [5.41, 5.74) is 8.01. The zero-order chi connectivity index (χ0) is 26.1. The van der Waals surface area contributed by atoms with E-state index in [1.54, 1.807) is 41.3 Å². The van der Waals surface area contributed by atoms with E-state index in [1.165, 1.54) is 12.1 Å². The molecule has 7 nitrogen and oxygen atoms in total. The Labute approximate surface area is 215 Å². The molecule has 4 aromatic rings. The highest BCUT2D eigenvalue weighted by atomic mass is 35.5. The minimum Gasteiger partial charge on any atom is -0.382 e. The van der Waals surface area contributed by atoms with E-state index in [1.807, 2.05) is 0 Å². The maximum absolute atomic E-state index is 14.6. The van der Waals surface area contributed by atoms with Gasteiger partial charge in [-0.2, -0.15) is 5.10 Å². The molecule has 1 aromatic heterocycles. The Kier molecular flexibility index (Phi) is 6.66. The van der Waals surface area contributed by atoms with Crippen LogP contribution in [0.4, 0.5) is 35.2 Å². The Bertz CT molecular complexity index is 1430. The molecule has 0 radical (unpaired) electrons. The third-order valence-corrected chi connectivity index (χ3v) is 6.42. The van der Waals surface area contributed by atoms with Gasteiger partial charge in [-0.05, 0) is 48.5 Å². The molecule has 2 heterocycles. The number of amides is 2. The number of benzene rings is 3. The SMILES string of the molecule is Nc1c(NC(=O)N2CCN(c3ccc(F)cc3)CC2)c(-c2ccc(Cl)cc2)nn1-c1cc(F)ccc1F. The lowest BCUT2D eigenvalue weighted by atomic mass is 10.1. The van der Waals surface area contributed by atoms with Crippen molar-refractivity contribution in [1.82, 2.24) is 14.7 Å². The van der Waals surface area contributed by atoms with Crippen LogP contribution >= 0.6 is 11.6 Å². The molecule has 5 rings (SSSR count). The second-order valence-corrected chi connectivity index (χ2v) is 8.94. The highest BCUT2D eigenvalue weighted by molar-refractivity contribution is 6.30. The van der Waals surface area contributed by atoms with Crippen molar-refractivity contribution in [2.75, 3.05) is 42.1 Å². The molecule has 3 aromatic carbocycles. The summed E-state index contributed by atoms with van der Waals surface area (Å²) >= 11 is 6.02. The molecule has 0 saturated carbocycles. The highest BCUT2D eigenvalue weighted by Crippen LogP contribution is 2.35. The van der Waals surface area contributed by atoms with E-state index in [4.69, 9.17) is 17.3 Å². The van der Waals surface area contributed by atoms with Crippen molar-refractivity contribution in [2.24, 2.45) is 0 Å². The molecule has 1 saturated heterocycles. The van der Waals surface area contributed by atoms with Crippen LogP contribution in [0.5, 0.6) is 0 Å². The summed E-state index contributed by atoms with van der Waals surface area (Å²) < 4.78 is 42.8. The molecule has 190 valence electrons. The molecule has 1 aliphatic rings. The van der Waals surface area contributed by atoms with E-state index < -0.39 is 17.7 Å². The lowest BCUT2D eigenvalue weighted by Gasteiger charge is -2.36. The van der Waals surface area contributed by atoms with Gasteiger partial charge in [0.25, 0.3) is 0 Å². The molecule has 0 spiro atoms. The molecule has 0 aliphatic carbocycles. The Balaban J connectivity index is 1.42. The summed E-state index contributed by atoms with van der Waals surface area (Å²) in [5, 5.41) is 7.72. The van der Waals surface area contributed by atoms with Gasteiger partial charge in [0.05, 0.1) is 0 Å². The molecular formula is C26H22ClF3N6O. The first-order chi connectivity index (χ1) is 17.8. The largest absolute Gasteiger partial charge is 0.382 e. The fourth-order valence-electron chi connectivity index (χ4n) is 4.20. The number of nitrogens with zero attached hydrogens (tertiary/aromatic N) is 4. The fourth-order valence-corrected chi connectivity index (χ4v) is 4.33. The number of nitrogen functional groups attached to an aromatic ring is 1. The number of carbonyl (C=O) groups is 1. The van der Waals surface area contributed by atoms with Crippen LogP contribution in [0.25, 0.3) is 16.9 Å². The number of hydrogen-bond acceptors (Lipinski definition) is 4. The number of urea groups is 1. The van der Waals surface area contributed by atoms with Crippen LogP contribution < -0.4 is 16.0 Å². The monoisotopic (exact) mass is 526 g/mol. The summed E-state index contributed by atoms with van der Waals surface area (Å²) in [7, 11) is 0. The topological polar surface area (TPSA) is 79.4 Å². The molecule has 1 fully saturated rings. The number of rotatable bonds is 4. The second kappa shape index (κ2) is 10.1. The first kappa shape index (κ1) is 24.5. The first-order valence-electron chi connectivity index (χ1n) is 11.5. The van der Waals surface area contributed by atoms with Gasteiger partial charge in [-0.3, -0.25) is 0 Å². The van der Waals surface area contributed by atoms with Crippen LogP contribution in [0, 0.1) is 17.5 Å². The number of carbonyl (C=O) groups excluding carboxylic acids is 1. The molecule has 2 amide bonds. The zero-order valence-electron chi connectivity index (χ0n) is 19.5. The van der Waals surface area contributed by atoms with Crippen molar-refractivity contribution < 1.29 is 18.0 Å². The Hall–Kier alpha value is -4.18. The smallest absolute Gasteiger partial charge is 0.322 e. The Morgan fingerprint density at radius 2 is 1.54 bits per heavy atom. The number of nitrogens with one attached hydrogen (secondary N) is 1. The van der Waals surface area contributed by atoms with Crippen molar-refractivity contribution in [1.29, 1.82) is 0 Å². The van der Waals surface area contributed by atoms with Crippen LogP contribution in [-0.4, -0.2) is 46.9 Å². The molecule has 0 unspecified atom stereocenters. The van der Waals surface area contributed by atoms with Crippen LogP contribution in [0.2, 0.25) is 5.02 Å². The molecule has 1 aliphatic heterocycles. The van der Waals surface area contributed by atoms with Gasteiger partial charge in [0.1, 0.15) is 34.5 Å². The van der Waals surface area contributed by atoms with Gasteiger partial charge in [-0.15, -0.1) is 0 Å². The summed E-state index contributed by atoms with van der Waals surface area (Å²) in [6.45, 7) is 1.91. The van der Waals surface area contributed by atoms with Crippen LogP contribution in [-0.2, 0) is 0 Å². The maximum atomic E-state index is 14.6. The second-order valence-electron chi connectivity index (χ2n) is 8.50. The zero-order valence-corrected chi connectivity index (χ0v) is 20.2. The quantitative estimate of drug-likeness (QED) is 0.365. The average molecular weight is 527 g/mol. The van der Waals surface area contributed by atoms with Gasteiger partial charge in [0, 0.05) is 48.5 Å². The third kappa shape index (κ3) is 5.05. The van der Waals surface area contributed by atoms with Gasteiger partial charge < -0.3 is 20.9 Å². The van der Waals surface area contributed by atoms with Crippen LogP contribution in [0.3, 0.4) is 0 Å². The number of aromatic nitrogens is 2. The lowest BCUT2D eigenvalue weighted by Crippen LogP contribution is -2.50. The van der Waals surface area contributed by atoms with Crippen LogP contribution in [0.1, 0.15) is 0 Å². The number of piperazine rings is 1. The van der Waals surface area contributed by atoms with Gasteiger partial charge in [0.2, 0.25) is 0 Å². The Morgan fingerprint density at radius 1 is 0.892 bits per heavy atom. The number of halogens is 4. The minimum atomic E-state index is -0.729. The molecule has 11 heteroatoms. The van der Waals surface area contributed by atoms with Gasteiger partial charge >= 0.3 is 6.03 Å². The average Bonchev–Trinajstić information content (AvgIpc) is 3.22. The maximum Gasteiger partial charge on any atom is 0.322 e. The lowest BCUT2D eigenvalue weighted by molar-refractivity contribution is 0.208. The minimum absolute atomic E-state index is 0.0623. The van der Waals surface area contributed by atoms with Crippen molar-refractivity contribution >= 4 is 34.8 Å². The van der Waals surface area contributed by atoms with Crippen molar-refractivity contribution in [3.8, 4) is 16.9 Å². The Morgan fingerprint density at radius 3 is 2.22 bits per heavy atom. The summed E-state index contributed by atoms with van der Waals surface area (Å²) in [4.78, 5) is 16.9. The fraction of sp³-hybridized carbons (Fsp3) is 0.154. The van der Waals surface area contributed by atoms with Gasteiger partial charge in [0.15, 0.2) is 5.82 Å². The molecular weight excluding hydrogens is 505 g/mol. The highest BCUT2D eigenvalue weighted by Gasteiger charge is 2.26. The predicted molar refractivity (Wildman–Crippen MR) is 138 cm³/mol. The molecule has 3 N–H and O–H groups in total. The predicted octanol–water partition coefficient (Wildman–Crippen LogP) is 5.55. The summed E-state index contributed by atoms with van der Waals surface area (Å²) in [6.07, 6.45) is 0. The number of hydrogen-bond donors (Lipinski definition) is 2.